The molecule has 21 heavy (non-hydrogen) atoms. The molecule has 1 atom stereocenters. The van der Waals surface area contributed by atoms with Gasteiger partial charge in [-0.05, 0) is 25.5 Å². The molecule has 1 aromatic carbocycles. The van der Waals surface area contributed by atoms with Gasteiger partial charge >= 0.3 is 0 Å². The number of amides is 1. The first-order chi connectivity index (χ1) is 9.93. The minimum absolute atomic E-state index is 0.0659. The third-order valence-corrected chi connectivity index (χ3v) is 3.35. The van der Waals surface area contributed by atoms with E-state index in [-0.39, 0.29) is 12.3 Å². The van der Waals surface area contributed by atoms with E-state index in [0.717, 1.165) is 12.0 Å². The van der Waals surface area contributed by atoms with Crippen LogP contribution in [0.4, 0.5) is 0 Å². The predicted octanol–water partition coefficient (Wildman–Crippen LogP) is 2.60. The maximum Gasteiger partial charge on any atom is 0.225 e. The summed E-state index contributed by atoms with van der Waals surface area (Å²) in [7, 11) is 1.77. The number of hydrogen-bond donors (Lipinski definition) is 1. The molecular formula is C15H20ClN3O2. The Labute approximate surface area is 129 Å². The van der Waals surface area contributed by atoms with Crippen molar-refractivity contribution in [3.63, 3.8) is 0 Å². The van der Waals surface area contributed by atoms with Crippen molar-refractivity contribution in [2.24, 2.45) is 4.99 Å². The molecule has 0 aromatic heterocycles. The van der Waals surface area contributed by atoms with Gasteiger partial charge in [-0.3, -0.25) is 4.79 Å². The Kier molecular flexibility index (Phi) is 4.85. The highest BCUT2D eigenvalue weighted by Gasteiger charge is 2.37. The summed E-state index contributed by atoms with van der Waals surface area (Å²) in [5.74, 6) is 0.604. The minimum atomic E-state index is -0.885. The van der Waals surface area contributed by atoms with Crippen molar-refractivity contribution in [1.82, 2.24) is 10.4 Å². The number of nitrogens with one attached hydrogen (secondary N) is 1. The molecule has 5 nitrogen and oxygen atoms in total. The van der Waals surface area contributed by atoms with Crippen molar-refractivity contribution < 1.29 is 9.63 Å². The average molecular weight is 310 g/mol. The highest BCUT2D eigenvalue weighted by molar-refractivity contribution is 6.31. The molecule has 1 aliphatic rings. The molecule has 1 heterocycles. The summed E-state index contributed by atoms with van der Waals surface area (Å²) in [5, 5.41) is 5.05. The van der Waals surface area contributed by atoms with Gasteiger partial charge in [0.25, 0.3) is 0 Å². The second kappa shape index (κ2) is 6.45. The number of nitrogens with zero attached hydrogens (tertiary/aromatic N) is 2. The highest BCUT2D eigenvalue weighted by atomic mass is 35.5. The van der Waals surface area contributed by atoms with Gasteiger partial charge in [0.15, 0.2) is 11.6 Å². The fraction of sp³-hybridized carbons (Fsp3) is 0.467. The molecule has 0 spiro atoms. The van der Waals surface area contributed by atoms with Crippen LogP contribution in [-0.2, 0) is 9.63 Å². The van der Waals surface area contributed by atoms with Crippen LogP contribution in [0.5, 0.6) is 0 Å². The van der Waals surface area contributed by atoms with Crippen LogP contribution < -0.4 is 5.32 Å². The number of carbonyl (C=O) groups is 1. The summed E-state index contributed by atoms with van der Waals surface area (Å²) in [6.45, 7) is 4.47. The number of hydrogen-bond acceptors (Lipinski definition) is 4. The summed E-state index contributed by atoms with van der Waals surface area (Å²) >= 11 is 6.01. The molecule has 1 amide bonds. The van der Waals surface area contributed by atoms with Gasteiger partial charge in [0, 0.05) is 24.2 Å². The van der Waals surface area contributed by atoms with Crippen LogP contribution in [0.1, 0.15) is 32.3 Å². The first-order valence-corrected chi connectivity index (χ1v) is 7.36. The van der Waals surface area contributed by atoms with Crippen LogP contribution in [0.2, 0.25) is 5.02 Å². The average Bonchev–Trinajstić information content (AvgIpc) is 2.71. The maximum atomic E-state index is 11.9. The third-order valence-electron chi connectivity index (χ3n) is 3.12. The lowest BCUT2D eigenvalue weighted by Gasteiger charge is -2.21. The van der Waals surface area contributed by atoms with Crippen LogP contribution in [0.15, 0.2) is 29.3 Å². The van der Waals surface area contributed by atoms with Crippen LogP contribution in [0.25, 0.3) is 0 Å². The van der Waals surface area contributed by atoms with Crippen molar-refractivity contribution in [2.45, 2.75) is 32.4 Å². The molecule has 1 unspecified atom stereocenters. The van der Waals surface area contributed by atoms with Crippen molar-refractivity contribution >= 4 is 23.3 Å². The summed E-state index contributed by atoms with van der Waals surface area (Å²) in [6.07, 6.45) is 1.08. The number of halogens is 1. The van der Waals surface area contributed by atoms with E-state index in [4.69, 9.17) is 16.4 Å². The van der Waals surface area contributed by atoms with E-state index < -0.39 is 5.72 Å². The van der Waals surface area contributed by atoms with Gasteiger partial charge in [-0.15, -0.1) is 0 Å². The van der Waals surface area contributed by atoms with Crippen molar-refractivity contribution in [1.29, 1.82) is 0 Å². The van der Waals surface area contributed by atoms with Crippen molar-refractivity contribution in [3.8, 4) is 0 Å². The van der Waals surface area contributed by atoms with E-state index in [9.17, 15) is 4.79 Å². The Morgan fingerprint density at radius 3 is 2.95 bits per heavy atom. The summed E-state index contributed by atoms with van der Waals surface area (Å²) in [4.78, 5) is 22.2. The summed E-state index contributed by atoms with van der Waals surface area (Å²) in [6, 6.07) is 7.40. The van der Waals surface area contributed by atoms with Crippen LogP contribution >= 0.6 is 11.6 Å². The van der Waals surface area contributed by atoms with Crippen LogP contribution in [0, 0.1) is 0 Å². The molecule has 1 aliphatic heterocycles. The number of benzene rings is 1. The van der Waals surface area contributed by atoms with Gasteiger partial charge in [-0.25, -0.2) is 14.9 Å². The van der Waals surface area contributed by atoms with E-state index in [1.165, 1.54) is 0 Å². The molecule has 1 N–H and O–H groups in total. The Balaban J connectivity index is 2.15. The Hall–Kier alpha value is -1.59. The normalized spacial score (nSPS) is 21.3. The predicted molar refractivity (Wildman–Crippen MR) is 83.2 cm³/mol. The molecule has 114 valence electrons. The Morgan fingerprint density at radius 1 is 1.52 bits per heavy atom. The SMILES string of the molecule is CCCNC(=O)CC1(C)N=C(c2cccc(Cl)c2)N(C)O1. The maximum absolute atomic E-state index is 11.9. The topological polar surface area (TPSA) is 53.9 Å². The lowest BCUT2D eigenvalue weighted by Crippen LogP contribution is -2.35. The van der Waals surface area contributed by atoms with Gasteiger partial charge in [0.05, 0.1) is 6.42 Å². The first kappa shape index (κ1) is 15.8. The van der Waals surface area contributed by atoms with Gasteiger partial charge in [-0.1, -0.05) is 30.7 Å². The standard InChI is InChI=1S/C15H20ClN3O2/c1-4-8-17-13(20)10-15(2)18-14(19(3)21-15)11-6-5-7-12(16)9-11/h5-7,9H,4,8,10H2,1-3H3,(H,17,20). The molecule has 0 aliphatic carbocycles. The molecule has 0 radical (unpaired) electrons. The molecule has 0 bridgehead atoms. The summed E-state index contributed by atoms with van der Waals surface area (Å²) < 4.78 is 0. The number of rotatable bonds is 5. The van der Waals surface area contributed by atoms with E-state index >= 15 is 0 Å². The number of amidine groups is 1. The van der Waals surface area contributed by atoms with E-state index in [2.05, 4.69) is 10.3 Å². The fourth-order valence-electron chi connectivity index (χ4n) is 2.22. The van der Waals surface area contributed by atoms with Crippen molar-refractivity contribution in [3.05, 3.63) is 34.9 Å². The molecule has 0 saturated heterocycles. The van der Waals surface area contributed by atoms with E-state index in [1.54, 1.807) is 25.1 Å². The second-order valence-corrected chi connectivity index (χ2v) is 5.67. The Bertz CT molecular complexity index is 562. The van der Waals surface area contributed by atoms with E-state index in [0.29, 0.717) is 17.4 Å². The lowest BCUT2D eigenvalue weighted by molar-refractivity contribution is -0.166. The summed E-state index contributed by atoms with van der Waals surface area (Å²) in [5.41, 5.74) is -0.0211. The molecule has 0 fully saturated rings. The zero-order valence-electron chi connectivity index (χ0n) is 12.5. The van der Waals surface area contributed by atoms with E-state index in [1.807, 2.05) is 25.1 Å². The van der Waals surface area contributed by atoms with Crippen molar-refractivity contribution in [2.75, 3.05) is 13.6 Å². The fourth-order valence-corrected chi connectivity index (χ4v) is 2.41. The molecular weight excluding hydrogens is 290 g/mol. The second-order valence-electron chi connectivity index (χ2n) is 5.24. The van der Waals surface area contributed by atoms with Crippen LogP contribution in [0.3, 0.4) is 0 Å². The highest BCUT2D eigenvalue weighted by Crippen LogP contribution is 2.28. The number of aliphatic imine (C=N–C) groups is 1. The molecule has 2 rings (SSSR count). The number of hydroxylamine groups is 2. The van der Waals surface area contributed by atoms with Gasteiger partial charge in [0.1, 0.15) is 0 Å². The molecule has 0 saturated carbocycles. The third kappa shape index (κ3) is 3.95. The monoisotopic (exact) mass is 309 g/mol. The molecule has 1 aromatic rings. The Morgan fingerprint density at radius 2 is 2.29 bits per heavy atom. The quantitative estimate of drug-likeness (QED) is 0.909. The molecule has 6 heteroatoms. The first-order valence-electron chi connectivity index (χ1n) is 6.99. The zero-order valence-corrected chi connectivity index (χ0v) is 13.3. The largest absolute Gasteiger partial charge is 0.356 e. The lowest BCUT2D eigenvalue weighted by atomic mass is 10.1. The minimum Gasteiger partial charge on any atom is -0.356 e. The smallest absolute Gasteiger partial charge is 0.225 e. The van der Waals surface area contributed by atoms with Crippen LogP contribution in [-0.4, -0.2) is 36.1 Å². The van der Waals surface area contributed by atoms with Gasteiger partial charge in [-0.2, -0.15) is 0 Å². The van der Waals surface area contributed by atoms with Gasteiger partial charge in [0.2, 0.25) is 5.91 Å². The number of carbonyl (C=O) groups excluding carboxylic acids is 1. The van der Waals surface area contributed by atoms with Gasteiger partial charge < -0.3 is 5.32 Å². The zero-order chi connectivity index (χ0) is 15.5.